The fourth-order valence-electron chi connectivity index (χ4n) is 8.76. The monoisotopic (exact) mass is 614 g/mol. The number of hydrogen-bond acceptors (Lipinski definition) is 8. The Morgan fingerprint density at radius 2 is 1.35 bits per heavy atom. The lowest BCUT2D eigenvalue weighted by Gasteiger charge is -2.49. The second kappa shape index (κ2) is 10.3. The van der Waals surface area contributed by atoms with Gasteiger partial charge in [-0.1, -0.05) is 79.2 Å². The maximum absolute atomic E-state index is 14.7. The first-order valence-corrected chi connectivity index (χ1v) is 15.4. The van der Waals surface area contributed by atoms with Crippen molar-refractivity contribution in [2.75, 3.05) is 5.32 Å². The molecule has 2 fully saturated rings. The maximum atomic E-state index is 14.7. The lowest BCUT2D eigenvalue weighted by molar-refractivity contribution is -0.385. The molecule has 11 nitrogen and oxygen atoms in total. The standard InChI is InChI=1S/C35H30N6O5/c42-33-35(27-10-4-5-11-28(27)36-33)34(20-6-9-26-30(38-39-32(26)34)23-14-18-25(19-15-23)41(45)46)29(21-12-16-24(17-13-21)40(43)44)31(37-35)22-7-2-1-3-8-22/h1-5,7-8,10-19,26,29-31,37-38H,6,9,20H2,(H,36,42). The third-order valence-corrected chi connectivity index (χ3v) is 10.5. The Bertz CT molecular complexity index is 1910. The molecule has 8 rings (SSSR count). The van der Waals surface area contributed by atoms with Gasteiger partial charge >= 0.3 is 0 Å². The molecule has 0 aromatic heterocycles. The predicted octanol–water partition coefficient (Wildman–Crippen LogP) is 6.27. The topological polar surface area (TPSA) is 152 Å². The Morgan fingerprint density at radius 3 is 2.02 bits per heavy atom. The van der Waals surface area contributed by atoms with Gasteiger partial charge in [0.15, 0.2) is 0 Å². The molecule has 0 radical (unpaired) electrons. The third kappa shape index (κ3) is 3.81. The summed E-state index contributed by atoms with van der Waals surface area (Å²) in [6.07, 6.45) is 2.27. The Kier molecular flexibility index (Phi) is 6.30. The molecular weight excluding hydrogens is 584 g/mol. The van der Waals surface area contributed by atoms with E-state index in [2.05, 4.69) is 28.2 Å². The zero-order chi connectivity index (χ0) is 31.6. The number of rotatable bonds is 5. The minimum absolute atomic E-state index is 0.00156. The molecule has 3 N–H and O–H groups in total. The van der Waals surface area contributed by atoms with Crippen molar-refractivity contribution in [3.63, 3.8) is 0 Å². The van der Waals surface area contributed by atoms with Crippen LogP contribution in [0.2, 0.25) is 0 Å². The Balaban J connectivity index is 1.36. The van der Waals surface area contributed by atoms with E-state index in [-0.39, 0.29) is 41.2 Å². The zero-order valence-electron chi connectivity index (χ0n) is 24.6. The normalized spacial score (nSPS) is 29.1. The van der Waals surface area contributed by atoms with Crippen LogP contribution in [-0.2, 0) is 10.3 Å². The number of benzene rings is 4. The predicted molar refractivity (Wildman–Crippen MR) is 171 cm³/mol. The molecule has 0 bridgehead atoms. The zero-order valence-corrected chi connectivity index (χ0v) is 24.6. The second-order valence-corrected chi connectivity index (χ2v) is 12.5. The number of nitrogens with one attached hydrogen (secondary N) is 3. The highest BCUT2D eigenvalue weighted by Crippen LogP contribution is 2.69. The van der Waals surface area contributed by atoms with Crippen LogP contribution in [0.1, 0.15) is 59.5 Å². The lowest BCUT2D eigenvalue weighted by atomic mass is 9.51. The molecule has 3 aliphatic heterocycles. The molecule has 1 saturated heterocycles. The number of carbonyl (C=O) groups excluding carboxylic acids is 1. The summed E-state index contributed by atoms with van der Waals surface area (Å²) in [6, 6.07) is 30.5. The molecule has 6 unspecified atom stereocenters. The fourth-order valence-corrected chi connectivity index (χ4v) is 8.76. The van der Waals surface area contributed by atoms with E-state index in [1.165, 1.54) is 24.3 Å². The average Bonchev–Trinajstić information content (AvgIpc) is 3.74. The van der Waals surface area contributed by atoms with E-state index in [0.29, 0.717) is 6.42 Å². The summed E-state index contributed by atoms with van der Waals surface area (Å²) in [7, 11) is 0. The van der Waals surface area contributed by atoms with Crippen molar-refractivity contribution in [2.24, 2.45) is 16.4 Å². The Morgan fingerprint density at radius 1 is 0.739 bits per heavy atom. The third-order valence-electron chi connectivity index (χ3n) is 10.5. The molecule has 1 saturated carbocycles. The molecule has 46 heavy (non-hydrogen) atoms. The van der Waals surface area contributed by atoms with Gasteiger partial charge in [-0.3, -0.25) is 30.3 Å². The summed E-state index contributed by atoms with van der Waals surface area (Å²) >= 11 is 0. The summed E-state index contributed by atoms with van der Waals surface area (Å²) in [6.45, 7) is 0. The van der Waals surface area contributed by atoms with Crippen LogP contribution in [0, 0.1) is 31.6 Å². The van der Waals surface area contributed by atoms with Crippen LogP contribution in [0.25, 0.3) is 0 Å². The number of hydrogen-bond donors (Lipinski definition) is 3. The smallest absolute Gasteiger partial charge is 0.269 e. The lowest BCUT2D eigenvalue weighted by Crippen LogP contribution is -2.60. The van der Waals surface area contributed by atoms with E-state index in [1.54, 1.807) is 12.1 Å². The van der Waals surface area contributed by atoms with Gasteiger partial charge in [-0.15, -0.1) is 0 Å². The molecule has 3 heterocycles. The summed E-state index contributed by atoms with van der Waals surface area (Å²) in [5, 5.41) is 35.2. The molecule has 4 aromatic carbocycles. The van der Waals surface area contributed by atoms with Crippen molar-refractivity contribution in [1.82, 2.24) is 10.7 Å². The number of non-ortho nitro benzene ring substituents is 2. The molecule has 1 aliphatic carbocycles. The highest BCUT2D eigenvalue weighted by atomic mass is 16.6. The van der Waals surface area contributed by atoms with Gasteiger partial charge in [-0.25, -0.2) is 0 Å². The highest BCUT2D eigenvalue weighted by Gasteiger charge is 2.74. The highest BCUT2D eigenvalue weighted by molar-refractivity contribution is 6.13. The number of carbonyl (C=O) groups is 1. The molecule has 6 atom stereocenters. The average molecular weight is 615 g/mol. The first kappa shape index (κ1) is 28.1. The number of nitro benzene ring substituents is 2. The van der Waals surface area contributed by atoms with Crippen LogP contribution < -0.4 is 16.1 Å². The van der Waals surface area contributed by atoms with Crippen LogP contribution in [0.3, 0.4) is 0 Å². The van der Waals surface area contributed by atoms with E-state index in [4.69, 9.17) is 5.10 Å². The number of hydrazone groups is 1. The van der Waals surface area contributed by atoms with Crippen LogP contribution in [0.5, 0.6) is 0 Å². The van der Waals surface area contributed by atoms with Crippen molar-refractivity contribution in [3.05, 3.63) is 146 Å². The van der Waals surface area contributed by atoms with Crippen LogP contribution in [0.4, 0.5) is 17.1 Å². The van der Waals surface area contributed by atoms with Gasteiger partial charge in [0.2, 0.25) is 5.91 Å². The van der Waals surface area contributed by atoms with E-state index in [0.717, 1.165) is 46.5 Å². The van der Waals surface area contributed by atoms with Gasteiger partial charge in [-0.05, 0) is 35.6 Å². The number of nitrogens with zero attached hydrogens (tertiary/aromatic N) is 3. The number of fused-ring (bicyclic) bond motifs is 5. The first-order valence-electron chi connectivity index (χ1n) is 15.4. The Hall–Kier alpha value is -5.42. The molecule has 11 heteroatoms. The Labute approximate surface area is 264 Å². The molecule has 2 spiro atoms. The van der Waals surface area contributed by atoms with Crippen molar-refractivity contribution < 1.29 is 14.6 Å². The quantitative estimate of drug-likeness (QED) is 0.177. The summed E-state index contributed by atoms with van der Waals surface area (Å²) in [4.78, 5) is 36.9. The van der Waals surface area contributed by atoms with Gasteiger partial charge in [-0.2, -0.15) is 5.10 Å². The van der Waals surface area contributed by atoms with Crippen molar-refractivity contribution in [1.29, 1.82) is 0 Å². The van der Waals surface area contributed by atoms with Gasteiger partial charge in [0, 0.05) is 53.4 Å². The first-order chi connectivity index (χ1) is 22.3. The van der Waals surface area contributed by atoms with Crippen molar-refractivity contribution in [2.45, 2.75) is 42.8 Å². The van der Waals surface area contributed by atoms with E-state index in [1.807, 2.05) is 54.6 Å². The fraction of sp³-hybridized carbons (Fsp3) is 0.257. The molecular formula is C35H30N6O5. The van der Waals surface area contributed by atoms with Crippen molar-refractivity contribution >= 4 is 28.7 Å². The van der Waals surface area contributed by atoms with Gasteiger partial charge in [0.25, 0.3) is 11.4 Å². The molecule has 230 valence electrons. The molecule has 1 amide bonds. The van der Waals surface area contributed by atoms with Gasteiger partial charge in [0.05, 0.1) is 27.0 Å². The number of nitro groups is 2. The van der Waals surface area contributed by atoms with Crippen LogP contribution in [-0.4, -0.2) is 21.5 Å². The largest absolute Gasteiger partial charge is 0.324 e. The summed E-state index contributed by atoms with van der Waals surface area (Å²) in [5.74, 6) is -0.572. The molecule has 4 aliphatic rings. The number of anilines is 1. The van der Waals surface area contributed by atoms with Gasteiger partial charge in [0.1, 0.15) is 5.54 Å². The summed E-state index contributed by atoms with van der Waals surface area (Å²) in [5.41, 5.74) is 6.57. The van der Waals surface area contributed by atoms with Crippen molar-refractivity contribution in [3.8, 4) is 0 Å². The van der Waals surface area contributed by atoms with E-state index < -0.39 is 20.8 Å². The van der Waals surface area contributed by atoms with Crippen LogP contribution in [0.15, 0.2) is 108 Å². The summed E-state index contributed by atoms with van der Waals surface area (Å²) < 4.78 is 0. The SMILES string of the molecule is O=C1Nc2ccccc2C12NC(c1ccccc1)C(c1ccc([N+](=O)[O-])cc1)C21CCCC2C1=NNC2c1ccc([N+](=O)[O-])cc1. The van der Waals surface area contributed by atoms with E-state index >= 15 is 0 Å². The van der Waals surface area contributed by atoms with Crippen LogP contribution >= 0.6 is 0 Å². The maximum Gasteiger partial charge on any atom is 0.269 e. The van der Waals surface area contributed by atoms with E-state index in [9.17, 15) is 25.0 Å². The minimum atomic E-state index is -1.19. The second-order valence-electron chi connectivity index (χ2n) is 12.5. The number of amides is 1. The van der Waals surface area contributed by atoms with Gasteiger partial charge < -0.3 is 10.7 Å². The number of para-hydroxylation sites is 1. The molecule has 4 aromatic rings. The minimum Gasteiger partial charge on any atom is -0.324 e.